The van der Waals surface area contributed by atoms with E-state index in [0.717, 1.165) is 60.1 Å². The Morgan fingerprint density at radius 1 is 1.06 bits per heavy atom. The van der Waals surface area contributed by atoms with Crippen molar-refractivity contribution in [1.82, 2.24) is 9.72 Å². The van der Waals surface area contributed by atoms with Gasteiger partial charge < -0.3 is 14.0 Å². The van der Waals surface area contributed by atoms with Crippen LogP contribution in [0.5, 0.6) is 0 Å². The summed E-state index contributed by atoms with van der Waals surface area (Å²) in [5.74, 6) is 1.86. The van der Waals surface area contributed by atoms with E-state index in [1.54, 1.807) is 0 Å². The van der Waals surface area contributed by atoms with Crippen LogP contribution < -0.4 is 4.90 Å². The highest BCUT2D eigenvalue weighted by atomic mass is 16.5. The maximum Gasteiger partial charge on any atom is 0.226 e. The molecule has 5 nitrogen and oxygen atoms in total. The number of fused-ring (bicyclic) bond motifs is 3. The standard InChI is InChI=1S/C27H29N3O2/c1-16-12-20(26-17(2)28-32-18(26)3)13-23-22-10-9-21(29-11-5-4-6-25(29)31)14-24(22)30(27(16)23)15-19-7-8-19/h9-10,12-14,19H,4-8,11,15H2,1-3H3. The smallest absolute Gasteiger partial charge is 0.226 e. The van der Waals surface area contributed by atoms with Crippen LogP contribution in [0.1, 0.15) is 49.1 Å². The third-order valence-electron chi connectivity index (χ3n) is 7.23. The van der Waals surface area contributed by atoms with Gasteiger partial charge in [-0.25, -0.2) is 0 Å². The Morgan fingerprint density at radius 2 is 1.91 bits per heavy atom. The Balaban J connectivity index is 1.59. The van der Waals surface area contributed by atoms with Crippen LogP contribution in [-0.4, -0.2) is 22.2 Å². The fourth-order valence-corrected chi connectivity index (χ4v) is 5.47. The minimum atomic E-state index is 0.248. The molecule has 0 bridgehead atoms. The summed E-state index contributed by atoms with van der Waals surface area (Å²) in [6.07, 6.45) is 5.35. The van der Waals surface area contributed by atoms with Crippen LogP contribution in [0.25, 0.3) is 32.9 Å². The molecule has 3 heterocycles. The first-order valence-corrected chi connectivity index (χ1v) is 11.8. The third kappa shape index (κ3) is 3.06. The van der Waals surface area contributed by atoms with Gasteiger partial charge in [-0.05, 0) is 87.8 Å². The Labute approximate surface area is 188 Å². The van der Waals surface area contributed by atoms with Gasteiger partial charge in [-0.3, -0.25) is 4.79 Å². The number of anilines is 1. The Bertz CT molecular complexity index is 1350. The molecule has 164 valence electrons. The lowest BCUT2D eigenvalue weighted by Gasteiger charge is -2.27. The average molecular weight is 428 g/mol. The number of nitrogens with zero attached hydrogens (tertiary/aromatic N) is 3. The van der Waals surface area contributed by atoms with E-state index in [2.05, 4.69) is 47.0 Å². The van der Waals surface area contributed by atoms with Crippen LogP contribution in [0.4, 0.5) is 5.69 Å². The molecule has 0 atom stereocenters. The molecule has 1 amide bonds. The summed E-state index contributed by atoms with van der Waals surface area (Å²) in [5.41, 5.74) is 8.02. The normalized spacial score (nSPS) is 17.1. The molecule has 6 rings (SSSR count). The van der Waals surface area contributed by atoms with Crippen LogP contribution >= 0.6 is 0 Å². The first-order chi connectivity index (χ1) is 15.5. The minimum Gasteiger partial charge on any atom is -0.361 e. The summed E-state index contributed by atoms with van der Waals surface area (Å²) in [6.45, 7) is 8.06. The first-order valence-electron chi connectivity index (χ1n) is 11.8. The van der Waals surface area contributed by atoms with E-state index in [-0.39, 0.29) is 5.91 Å². The molecule has 0 unspecified atom stereocenters. The maximum atomic E-state index is 12.6. The minimum absolute atomic E-state index is 0.248. The fourth-order valence-electron chi connectivity index (χ4n) is 5.47. The zero-order valence-corrected chi connectivity index (χ0v) is 19.1. The first kappa shape index (κ1) is 19.6. The molecule has 2 aliphatic rings. The fraction of sp³-hybridized carbons (Fsp3) is 0.407. The summed E-state index contributed by atoms with van der Waals surface area (Å²) in [6, 6.07) is 11.2. The summed E-state index contributed by atoms with van der Waals surface area (Å²) >= 11 is 0. The molecule has 0 spiro atoms. The largest absolute Gasteiger partial charge is 0.361 e. The van der Waals surface area contributed by atoms with Crippen molar-refractivity contribution >= 4 is 33.4 Å². The van der Waals surface area contributed by atoms with Gasteiger partial charge in [0.15, 0.2) is 0 Å². The summed E-state index contributed by atoms with van der Waals surface area (Å²) in [4.78, 5) is 14.6. The van der Waals surface area contributed by atoms with Crippen molar-refractivity contribution in [2.75, 3.05) is 11.4 Å². The van der Waals surface area contributed by atoms with Gasteiger partial charge in [-0.2, -0.15) is 0 Å². The number of hydrogen-bond acceptors (Lipinski definition) is 3. The molecule has 1 saturated carbocycles. The van der Waals surface area contributed by atoms with E-state index < -0.39 is 0 Å². The highest BCUT2D eigenvalue weighted by Gasteiger charge is 2.26. The molecule has 2 fully saturated rings. The summed E-state index contributed by atoms with van der Waals surface area (Å²) in [5, 5.41) is 6.70. The number of benzene rings is 2. The summed E-state index contributed by atoms with van der Waals surface area (Å²) < 4.78 is 7.96. The predicted octanol–water partition coefficient (Wildman–Crippen LogP) is 6.30. The van der Waals surface area contributed by atoms with Crippen LogP contribution in [0.2, 0.25) is 0 Å². The number of piperidine rings is 1. The second kappa shape index (κ2) is 7.22. The molecular formula is C27H29N3O2. The molecule has 2 aromatic carbocycles. The van der Waals surface area contributed by atoms with Crippen molar-refractivity contribution < 1.29 is 9.32 Å². The van der Waals surface area contributed by atoms with Gasteiger partial charge in [0.2, 0.25) is 5.91 Å². The van der Waals surface area contributed by atoms with Crippen LogP contribution in [0.3, 0.4) is 0 Å². The topological polar surface area (TPSA) is 51.3 Å². The second-order valence-electron chi connectivity index (χ2n) is 9.65. The molecule has 0 N–H and O–H groups in total. The SMILES string of the molecule is Cc1noc(C)c1-c1cc(C)c2c(c1)c1ccc(N3CCCCC3=O)cc1n2CC1CC1. The molecule has 1 saturated heterocycles. The maximum absolute atomic E-state index is 12.6. The van der Waals surface area contributed by atoms with E-state index in [4.69, 9.17) is 4.52 Å². The van der Waals surface area contributed by atoms with Crippen molar-refractivity contribution in [1.29, 1.82) is 0 Å². The van der Waals surface area contributed by atoms with E-state index in [0.29, 0.717) is 6.42 Å². The zero-order chi connectivity index (χ0) is 22.0. The lowest BCUT2D eigenvalue weighted by molar-refractivity contribution is -0.119. The number of hydrogen-bond donors (Lipinski definition) is 0. The lowest BCUT2D eigenvalue weighted by atomic mass is 9.98. The van der Waals surface area contributed by atoms with Gasteiger partial charge in [0.1, 0.15) is 5.76 Å². The molecule has 2 aromatic heterocycles. The number of aryl methyl sites for hydroxylation is 3. The lowest BCUT2D eigenvalue weighted by Crippen LogP contribution is -2.35. The zero-order valence-electron chi connectivity index (χ0n) is 19.1. The Kier molecular flexibility index (Phi) is 4.42. The van der Waals surface area contributed by atoms with Gasteiger partial charge in [0.05, 0.1) is 16.7 Å². The second-order valence-corrected chi connectivity index (χ2v) is 9.65. The van der Waals surface area contributed by atoms with Crippen molar-refractivity contribution in [2.24, 2.45) is 5.92 Å². The average Bonchev–Trinajstić information content (AvgIpc) is 3.47. The Hall–Kier alpha value is -3.08. The van der Waals surface area contributed by atoms with Crippen molar-refractivity contribution in [2.45, 2.75) is 59.4 Å². The molecule has 4 aromatic rings. The molecule has 5 heteroatoms. The molecular weight excluding hydrogens is 398 g/mol. The number of carbonyl (C=O) groups excluding carboxylic acids is 1. The quantitative estimate of drug-likeness (QED) is 0.384. The van der Waals surface area contributed by atoms with Crippen molar-refractivity contribution in [3.63, 3.8) is 0 Å². The number of carbonyl (C=O) groups is 1. The van der Waals surface area contributed by atoms with Gasteiger partial charge in [0.25, 0.3) is 0 Å². The van der Waals surface area contributed by atoms with Gasteiger partial charge >= 0.3 is 0 Å². The van der Waals surface area contributed by atoms with Gasteiger partial charge in [0, 0.05) is 41.5 Å². The monoisotopic (exact) mass is 427 g/mol. The van der Waals surface area contributed by atoms with Crippen LogP contribution in [-0.2, 0) is 11.3 Å². The van der Waals surface area contributed by atoms with E-state index in [9.17, 15) is 4.79 Å². The highest BCUT2D eigenvalue weighted by molar-refractivity contribution is 6.12. The molecule has 1 aliphatic carbocycles. The van der Waals surface area contributed by atoms with Crippen molar-refractivity contribution in [3.8, 4) is 11.1 Å². The number of amides is 1. The highest BCUT2D eigenvalue weighted by Crippen LogP contribution is 2.41. The van der Waals surface area contributed by atoms with E-state index in [1.165, 1.54) is 40.2 Å². The molecule has 1 aliphatic heterocycles. The van der Waals surface area contributed by atoms with Crippen LogP contribution in [0, 0.1) is 26.7 Å². The van der Waals surface area contributed by atoms with Gasteiger partial charge in [-0.1, -0.05) is 11.2 Å². The van der Waals surface area contributed by atoms with Gasteiger partial charge in [-0.15, -0.1) is 0 Å². The molecule has 0 radical (unpaired) electrons. The summed E-state index contributed by atoms with van der Waals surface area (Å²) in [7, 11) is 0. The number of rotatable bonds is 4. The predicted molar refractivity (Wildman–Crippen MR) is 128 cm³/mol. The molecule has 32 heavy (non-hydrogen) atoms. The third-order valence-corrected chi connectivity index (χ3v) is 7.23. The van der Waals surface area contributed by atoms with E-state index >= 15 is 0 Å². The van der Waals surface area contributed by atoms with Crippen LogP contribution in [0.15, 0.2) is 34.9 Å². The number of aromatic nitrogens is 2. The Morgan fingerprint density at radius 3 is 2.62 bits per heavy atom. The van der Waals surface area contributed by atoms with Crippen molar-refractivity contribution in [3.05, 3.63) is 47.3 Å². The van der Waals surface area contributed by atoms with E-state index in [1.807, 2.05) is 18.7 Å².